The molecule has 34 heavy (non-hydrogen) atoms. The summed E-state index contributed by atoms with van der Waals surface area (Å²) in [5, 5.41) is 21.9. The molecule has 0 spiro atoms. The Morgan fingerprint density at radius 1 is 1.18 bits per heavy atom. The number of nitrogens with zero attached hydrogens (tertiary/aromatic N) is 4. The predicted octanol–water partition coefficient (Wildman–Crippen LogP) is 4.55. The molecule has 172 valence electrons. The highest BCUT2D eigenvalue weighted by molar-refractivity contribution is 5.75. The van der Waals surface area contributed by atoms with Crippen LogP contribution in [0, 0.1) is 18.3 Å². The van der Waals surface area contributed by atoms with Crippen LogP contribution in [0.4, 0.5) is 0 Å². The summed E-state index contributed by atoms with van der Waals surface area (Å²) in [5.74, 6) is 0.584. The lowest BCUT2D eigenvalue weighted by atomic mass is 9.97. The van der Waals surface area contributed by atoms with Gasteiger partial charge in [-0.15, -0.1) is 0 Å². The fourth-order valence-corrected chi connectivity index (χ4v) is 4.12. The second-order valence-electron chi connectivity index (χ2n) is 8.28. The Morgan fingerprint density at radius 3 is 2.62 bits per heavy atom. The van der Waals surface area contributed by atoms with E-state index in [1.54, 1.807) is 13.0 Å². The molecule has 0 bridgehead atoms. The van der Waals surface area contributed by atoms with Crippen LogP contribution < -0.4 is 10.9 Å². The van der Waals surface area contributed by atoms with Gasteiger partial charge < -0.3 is 10.4 Å². The molecular weight excluding hydrogens is 426 g/mol. The molecular formula is C27H27N5O2. The van der Waals surface area contributed by atoms with Gasteiger partial charge in [0.05, 0.1) is 23.5 Å². The Hall–Kier alpha value is -4.18. The van der Waals surface area contributed by atoms with Gasteiger partial charge in [0.1, 0.15) is 11.6 Å². The molecule has 7 heteroatoms. The standard InChI is InChI=1S/C27H27N5O2/c1-3-4-9-25-24(26(34)32(18(2)31-25)27-29-16-22(33)17-30-27)14-19-10-12-20(13-11-19)23-8-6-5-7-21(23)15-28/h5-8,10-13,16-17,27,29,33H,3-4,9,14H2,1-2H3. The fraction of sp³-hybridized carbons (Fsp3) is 0.259. The number of allylic oxidation sites excluding steroid dienone is 1. The molecule has 4 rings (SSSR count). The van der Waals surface area contributed by atoms with Gasteiger partial charge in [0.25, 0.3) is 5.56 Å². The van der Waals surface area contributed by atoms with E-state index in [-0.39, 0.29) is 11.3 Å². The molecule has 2 heterocycles. The number of hydrogen-bond acceptors (Lipinski definition) is 6. The summed E-state index contributed by atoms with van der Waals surface area (Å²) in [4.78, 5) is 22.6. The topological polar surface area (TPSA) is 103 Å². The largest absolute Gasteiger partial charge is 0.505 e. The van der Waals surface area contributed by atoms with Crippen molar-refractivity contribution in [3.05, 3.63) is 99.1 Å². The number of aliphatic hydroxyl groups excluding tert-OH is 1. The molecule has 0 amide bonds. The van der Waals surface area contributed by atoms with Gasteiger partial charge in [0, 0.05) is 18.2 Å². The Morgan fingerprint density at radius 2 is 1.94 bits per heavy atom. The van der Waals surface area contributed by atoms with Crippen molar-refractivity contribution in [3.8, 4) is 17.2 Å². The zero-order valence-corrected chi connectivity index (χ0v) is 19.3. The van der Waals surface area contributed by atoms with Crippen molar-refractivity contribution in [1.29, 1.82) is 5.26 Å². The van der Waals surface area contributed by atoms with E-state index >= 15 is 0 Å². The van der Waals surface area contributed by atoms with Gasteiger partial charge in [-0.2, -0.15) is 5.26 Å². The highest BCUT2D eigenvalue weighted by Gasteiger charge is 2.21. The monoisotopic (exact) mass is 453 g/mol. The van der Waals surface area contributed by atoms with Gasteiger partial charge in [0.2, 0.25) is 6.29 Å². The molecule has 0 aliphatic carbocycles. The van der Waals surface area contributed by atoms with E-state index in [0.29, 0.717) is 23.4 Å². The molecule has 2 N–H and O–H groups in total. The fourth-order valence-electron chi connectivity index (χ4n) is 4.12. The van der Waals surface area contributed by atoms with Crippen molar-refractivity contribution in [1.82, 2.24) is 14.9 Å². The zero-order valence-electron chi connectivity index (χ0n) is 19.3. The van der Waals surface area contributed by atoms with Crippen LogP contribution in [-0.2, 0) is 12.8 Å². The quantitative estimate of drug-likeness (QED) is 0.546. The van der Waals surface area contributed by atoms with Gasteiger partial charge in [-0.3, -0.25) is 9.36 Å². The van der Waals surface area contributed by atoms with E-state index in [9.17, 15) is 15.2 Å². The van der Waals surface area contributed by atoms with Crippen molar-refractivity contribution < 1.29 is 5.11 Å². The number of nitrogens with one attached hydrogen (secondary N) is 1. The van der Waals surface area contributed by atoms with Crippen molar-refractivity contribution in [3.63, 3.8) is 0 Å². The number of rotatable bonds is 7. The summed E-state index contributed by atoms with van der Waals surface area (Å²) in [6.07, 6.45) is 5.24. The second-order valence-corrected chi connectivity index (χ2v) is 8.28. The number of aliphatic imine (C=N–C) groups is 1. The maximum Gasteiger partial charge on any atom is 0.260 e. The van der Waals surface area contributed by atoms with Gasteiger partial charge >= 0.3 is 0 Å². The van der Waals surface area contributed by atoms with E-state index in [1.807, 2.05) is 42.5 Å². The SMILES string of the molecule is CCCCc1nc(C)n(C2N=CC(O)=CN2)c(=O)c1Cc1ccc(-c2ccccc2C#N)cc1. The van der Waals surface area contributed by atoms with Crippen LogP contribution >= 0.6 is 0 Å². The molecule has 0 radical (unpaired) electrons. The molecule has 7 nitrogen and oxygen atoms in total. The molecule has 1 aromatic heterocycles. The molecule has 0 saturated carbocycles. The first kappa shape index (κ1) is 23.0. The summed E-state index contributed by atoms with van der Waals surface area (Å²) >= 11 is 0. The van der Waals surface area contributed by atoms with Crippen LogP contribution in [0.5, 0.6) is 0 Å². The maximum atomic E-state index is 13.6. The molecule has 2 aromatic carbocycles. The summed E-state index contributed by atoms with van der Waals surface area (Å²) in [5.41, 5.74) is 4.79. The number of aromatic nitrogens is 2. The lowest BCUT2D eigenvalue weighted by Crippen LogP contribution is -2.37. The molecule has 1 atom stereocenters. The van der Waals surface area contributed by atoms with E-state index in [2.05, 4.69) is 23.3 Å². The van der Waals surface area contributed by atoms with Gasteiger partial charge in [0.15, 0.2) is 0 Å². The number of aryl methyl sites for hydroxylation is 2. The third-order valence-corrected chi connectivity index (χ3v) is 5.90. The van der Waals surface area contributed by atoms with E-state index in [4.69, 9.17) is 4.98 Å². The minimum atomic E-state index is -0.653. The lowest BCUT2D eigenvalue weighted by molar-refractivity contribution is 0.394. The van der Waals surface area contributed by atoms with E-state index in [1.165, 1.54) is 17.0 Å². The van der Waals surface area contributed by atoms with Gasteiger partial charge in [-0.05, 0) is 42.5 Å². The highest BCUT2D eigenvalue weighted by Crippen LogP contribution is 2.24. The van der Waals surface area contributed by atoms with Crippen LogP contribution in [0.1, 0.15) is 54.3 Å². The minimum absolute atomic E-state index is 0.00719. The smallest absolute Gasteiger partial charge is 0.260 e. The first-order valence-corrected chi connectivity index (χ1v) is 11.4. The maximum absolute atomic E-state index is 13.6. The molecule has 1 aliphatic rings. The van der Waals surface area contributed by atoms with Crippen LogP contribution in [0.15, 0.2) is 70.3 Å². The predicted molar refractivity (Wildman–Crippen MR) is 133 cm³/mol. The Kier molecular flexibility index (Phi) is 6.88. The van der Waals surface area contributed by atoms with Crippen LogP contribution in [-0.4, -0.2) is 20.9 Å². The Labute approximate surface area is 198 Å². The minimum Gasteiger partial charge on any atom is -0.505 e. The van der Waals surface area contributed by atoms with Crippen LogP contribution in [0.3, 0.4) is 0 Å². The lowest BCUT2D eigenvalue weighted by Gasteiger charge is -2.22. The summed E-state index contributed by atoms with van der Waals surface area (Å²) in [6.45, 7) is 3.92. The number of benzene rings is 2. The van der Waals surface area contributed by atoms with Gasteiger partial charge in [-0.1, -0.05) is 55.8 Å². The highest BCUT2D eigenvalue weighted by atomic mass is 16.3. The number of aliphatic hydroxyl groups is 1. The van der Waals surface area contributed by atoms with Crippen LogP contribution in [0.2, 0.25) is 0 Å². The van der Waals surface area contributed by atoms with Crippen molar-refractivity contribution in [2.45, 2.75) is 45.8 Å². The molecule has 3 aromatic rings. The summed E-state index contributed by atoms with van der Waals surface area (Å²) in [6, 6.07) is 17.7. The van der Waals surface area contributed by atoms with Crippen molar-refractivity contribution >= 4 is 6.21 Å². The van der Waals surface area contributed by atoms with E-state index < -0.39 is 6.29 Å². The molecule has 0 fully saturated rings. The number of nitriles is 1. The molecule has 0 saturated heterocycles. The first-order valence-electron chi connectivity index (χ1n) is 11.4. The molecule has 1 unspecified atom stereocenters. The second kappa shape index (κ2) is 10.2. The zero-order chi connectivity index (χ0) is 24.1. The van der Waals surface area contributed by atoms with E-state index in [0.717, 1.165) is 41.6 Å². The third-order valence-electron chi connectivity index (χ3n) is 5.90. The van der Waals surface area contributed by atoms with Crippen molar-refractivity contribution in [2.75, 3.05) is 0 Å². The Bertz CT molecular complexity index is 1350. The van der Waals surface area contributed by atoms with Gasteiger partial charge in [-0.25, -0.2) is 9.98 Å². The summed E-state index contributed by atoms with van der Waals surface area (Å²) in [7, 11) is 0. The average Bonchev–Trinajstić information content (AvgIpc) is 2.86. The number of hydrogen-bond donors (Lipinski definition) is 2. The molecule has 1 aliphatic heterocycles. The average molecular weight is 454 g/mol. The first-order chi connectivity index (χ1) is 16.5. The Balaban J connectivity index is 1.70. The van der Waals surface area contributed by atoms with Crippen LogP contribution in [0.25, 0.3) is 11.1 Å². The number of unbranched alkanes of at least 4 members (excludes halogenated alkanes) is 1. The van der Waals surface area contributed by atoms with Crippen molar-refractivity contribution in [2.24, 2.45) is 4.99 Å². The third kappa shape index (κ3) is 4.76. The normalized spacial score (nSPS) is 14.9. The summed E-state index contributed by atoms with van der Waals surface area (Å²) < 4.78 is 1.53.